The summed E-state index contributed by atoms with van der Waals surface area (Å²) in [6.45, 7) is 5.73. The summed E-state index contributed by atoms with van der Waals surface area (Å²) >= 11 is 0. The lowest BCUT2D eigenvalue weighted by molar-refractivity contribution is 0.0998. The Kier molecular flexibility index (Phi) is 6.14. The number of carbonyl (C=O) groups excluding carboxylic acids is 1. The first-order valence-electron chi connectivity index (χ1n) is 11.1. The van der Waals surface area contributed by atoms with Crippen molar-refractivity contribution in [2.24, 2.45) is 0 Å². The highest BCUT2D eigenvalue weighted by Crippen LogP contribution is 2.31. The average molecular weight is 455 g/mol. The smallest absolute Gasteiger partial charge is 0.291 e. The Morgan fingerprint density at radius 3 is 2.47 bits per heavy atom. The van der Waals surface area contributed by atoms with Crippen LogP contribution in [0.25, 0.3) is 11.0 Å². The highest BCUT2D eigenvalue weighted by molar-refractivity contribution is 7.89. The minimum absolute atomic E-state index is 0.0359. The molecule has 1 amide bonds. The van der Waals surface area contributed by atoms with E-state index in [0.29, 0.717) is 16.5 Å². The second-order valence-corrected chi connectivity index (χ2v) is 10.7. The van der Waals surface area contributed by atoms with E-state index in [1.54, 1.807) is 32.2 Å². The first kappa shape index (κ1) is 22.6. The fraction of sp³-hybridized carbons (Fsp3) is 0.400. The van der Waals surface area contributed by atoms with Gasteiger partial charge in [0.05, 0.1) is 4.90 Å². The average Bonchev–Trinajstić information content (AvgIpc) is 3.13. The molecule has 32 heavy (non-hydrogen) atoms. The summed E-state index contributed by atoms with van der Waals surface area (Å²) in [7, 11) is -1.96. The van der Waals surface area contributed by atoms with Gasteiger partial charge >= 0.3 is 0 Å². The number of amides is 1. The monoisotopic (exact) mass is 454 g/mol. The van der Waals surface area contributed by atoms with Gasteiger partial charge in [0.15, 0.2) is 5.76 Å². The Balaban J connectivity index is 1.65. The van der Waals surface area contributed by atoms with E-state index in [1.165, 1.54) is 4.31 Å². The fourth-order valence-corrected chi connectivity index (χ4v) is 5.89. The van der Waals surface area contributed by atoms with E-state index in [-0.39, 0.29) is 22.6 Å². The number of carbonyl (C=O) groups is 1. The van der Waals surface area contributed by atoms with Gasteiger partial charge in [0, 0.05) is 29.7 Å². The summed E-state index contributed by atoms with van der Waals surface area (Å²) in [5.74, 6) is -0.160. The molecule has 0 aliphatic heterocycles. The molecule has 0 saturated heterocycles. The maximum absolute atomic E-state index is 13.3. The van der Waals surface area contributed by atoms with E-state index in [9.17, 15) is 13.2 Å². The summed E-state index contributed by atoms with van der Waals surface area (Å²) < 4.78 is 33.8. The molecule has 1 heterocycles. The highest BCUT2D eigenvalue weighted by atomic mass is 32.2. The van der Waals surface area contributed by atoms with Crippen LogP contribution in [0.15, 0.2) is 45.7 Å². The van der Waals surface area contributed by atoms with E-state index < -0.39 is 10.0 Å². The van der Waals surface area contributed by atoms with Gasteiger partial charge in [0.2, 0.25) is 10.0 Å². The van der Waals surface area contributed by atoms with Crippen molar-refractivity contribution in [2.45, 2.75) is 63.8 Å². The maximum Gasteiger partial charge on any atom is 0.291 e. The van der Waals surface area contributed by atoms with Crippen molar-refractivity contribution in [3.05, 3.63) is 58.8 Å². The number of furan rings is 1. The molecule has 1 aromatic heterocycles. The van der Waals surface area contributed by atoms with Crippen LogP contribution in [0.4, 0.5) is 5.69 Å². The highest BCUT2D eigenvalue weighted by Gasteiger charge is 2.30. The first-order chi connectivity index (χ1) is 15.2. The number of nitrogens with one attached hydrogen (secondary N) is 1. The van der Waals surface area contributed by atoms with Crippen LogP contribution in [-0.2, 0) is 10.0 Å². The molecule has 4 rings (SSSR count). The van der Waals surface area contributed by atoms with Gasteiger partial charge in [-0.3, -0.25) is 4.79 Å². The second-order valence-electron chi connectivity index (χ2n) is 8.73. The van der Waals surface area contributed by atoms with Gasteiger partial charge in [0.1, 0.15) is 5.58 Å². The summed E-state index contributed by atoms with van der Waals surface area (Å²) in [5, 5.41) is 3.55. The zero-order chi connectivity index (χ0) is 23.0. The number of benzene rings is 2. The number of hydrogen-bond donors (Lipinski definition) is 1. The standard InChI is InChI=1S/C25H30N2O4S/c1-16-9-8-12-22(17(16)2)26-25(28)24-18(3)21-15-20(13-14-23(21)31-24)32(29,30)27(4)19-10-6-5-7-11-19/h8-9,12-15,19H,5-7,10-11H2,1-4H3,(H,26,28). The van der Waals surface area contributed by atoms with Crippen molar-refractivity contribution >= 4 is 32.6 Å². The quantitative estimate of drug-likeness (QED) is 0.547. The topological polar surface area (TPSA) is 79.6 Å². The van der Waals surface area contributed by atoms with Crippen LogP contribution < -0.4 is 5.32 Å². The Morgan fingerprint density at radius 1 is 1.03 bits per heavy atom. The van der Waals surface area contributed by atoms with Crippen LogP contribution in [0.1, 0.15) is 59.3 Å². The van der Waals surface area contributed by atoms with Gasteiger partial charge in [-0.05, 0) is 69.0 Å². The summed E-state index contributed by atoms with van der Waals surface area (Å²) in [5.41, 5.74) is 3.93. The SMILES string of the molecule is Cc1cccc(NC(=O)c2oc3ccc(S(=O)(=O)N(C)C4CCCCC4)cc3c2C)c1C. The van der Waals surface area contributed by atoms with Crippen LogP contribution in [0.2, 0.25) is 0 Å². The molecule has 0 radical (unpaired) electrons. The van der Waals surface area contributed by atoms with E-state index in [2.05, 4.69) is 5.32 Å². The minimum atomic E-state index is -3.63. The molecule has 170 valence electrons. The minimum Gasteiger partial charge on any atom is -0.451 e. The molecular weight excluding hydrogens is 424 g/mol. The van der Waals surface area contributed by atoms with Crippen molar-refractivity contribution in [3.63, 3.8) is 0 Å². The molecule has 3 aromatic rings. The Hall–Kier alpha value is -2.64. The summed E-state index contributed by atoms with van der Waals surface area (Å²) in [6, 6.07) is 10.6. The molecule has 1 N–H and O–H groups in total. The Morgan fingerprint density at radius 2 is 1.75 bits per heavy atom. The molecule has 1 aliphatic rings. The number of hydrogen-bond acceptors (Lipinski definition) is 4. The van der Waals surface area contributed by atoms with E-state index in [0.717, 1.165) is 48.9 Å². The molecule has 0 atom stereocenters. The van der Waals surface area contributed by atoms with Crippen LogP contribution >= 0.6 is 0 Å². The Bertz CT molecular complexity index is 1270. The van der Waals surface area contributed by atoms with Crippen molar-refractivity contribution in [2.75, 3.05) is 12.4 Å². The van der Waals surface area contributed by atoms with E-state index in [4.69, 9.17) is 4.42 Å². The van der Waals surface area contributed by atoms with Crippen LogP contribution in [0.5, 0.6) is 0 Å². The van der Waals surface area contributed by atoms with Gasteiger partial charge in [-0.15, -0.1) is 0 Å². The van der Waals surface area contributed by atoms with Crippen LogP contribution in [0.3, 0.4) is 0 Å². The second kappa shape index (κ2) is 8.71. The largest absolute Gasteiger partial charge is 0.451 e. The van der Waals surface area contributed by atoms with Gasteiger partial charge in [-0.25, -0.2) is 8.42 Å². The number of aryl methyl sites for hydroxylation is 2. The molecule has 0 bridgehead atoms. The summed E-state index contributed by atoms with van der Waals surface area (Å²) in [4.78, 5) is 13.2. The van der Waals surface area contributed by atoms with Gasteiger partial charge < -0.3 is 9.73 Å². The third kappa shape index (κ3) is 4.07. The number of sulfonamides is 1. The normalized spacial score (nSPS) is 15.4. The number of rotatable bonds is 5. The van der Waals surface area contributed by atoms with Gasteiger partial charge in [-0.2, -0.15) is 4.31 Å². The third-order valence-electron chi connectivity index (χ3n) is 6.73. The van der Waals surface area contributed by atoms with Crippen molar-refractivity contribution in [3.8, 4) is 0 Å². The molecule has 2 aromatic carbocycles. The lowest BCUT2D eigenvalue weighted by Gasteiger charge is -2.30. The zero-order valence-electron chi connectivity index (χ0n) is 19.1. The first-order valence-corrected chi connectivity index (χ1v) is 12.5. The lowest BCUT2D eigenvalue weighted by atomic mass is 9.96. The van der Waals surface area contributed by atoms with Gasteiger partial charge in [0.25, 0.3) is 5.91 Å². The molecule has 1 aliphatic carbocycles. The van der Waals surface area contributed by atoms with Crippen LogP contribution in [0, 0.1) is 20.8 Å². The lowest BCUT2D eigenvalue weighted by Crippen LogP contribution is -2.38. The molecular formula is C25H30N2O4S. The van der Waals surface area contributed by atoms with Crippen LogP contribution in [-0.4, -0.2) is 31.7 Å². The van der Waals surface area contributed by atoms with Crippen molar-refractivity contribution < 1.29 is 17.6 Å². The Labute approximate surface area is 189 Å². The number of fused-ring (bicyclic) bond motifs is 1. The van der Waals surface area contributed by atoms with E-state index >= 15 is 0 Å². The molecule has 1 fully saturated rings. The number of nitrogens with zero attached hydrogens (tertiary/aromatic N) is 1. The third-order valence-corrected chi connectivity index (χ3v) is 8.64. The predicted molar refractivity (Wildman–Crippen MR) is 127 cm³/mol. The maximum atomic E-state index is 13.3. The fourth-order valence-electron chi connectivity index (χ4n) is 4.45. The van der Waals surface area contributed by atoms with Gasteiger partial charge in [-0.1, -0.05) is 31.4 Å². The van der Waals surface area contributed by atoms with Crippen molar-refractivity contribution in [1.29, 1.82) is 0 Å². The predicted octanol–water partition coefficient (Wildman–Crippen LogP) is 5.56. The summed E-state index contributed by atoms with van der Waals surface area (Å²) in [6.07, 6.45) is 5.07. The van der Waals surface area contributed by atoms with Crippen molar-refractivity contribution in [1.82, 2.24) is 4.31 Å². The molecule has 0 unspecified atom stereocenters. The number of anilines is 1. The molecule has 0 spiro atoms. The molecule has 7 heteroatoms. The zero-order valence-corrected chi connectivity index (χ0v) is 19.9. The molecule has 1 saturated carbocycles. The van der Waals surface area contributed by atoms with E-state index in [1.807, 2.05) is 32.0 Å². The molecule has 6 nitrogen and oxygen atoms in total.